The van der Waals surface area contributed by atoms with Crippen molar-refractivity contribution in [2.75, 3.05) is 26.2 Å². The lowest BCUT2D eigenvalue weighted by Crippen LogP contribution is -2.58. The van der Waals surface area contributed by atoms with E-state index in [0.29, 0.717) is 25.9 Å². The highest BCUT2D eigenvalue weighted by Crippen LogP contribution is 2.45. The average molecular weight is 286 g/mol. The summed E-state index contributed by atoms with van der Waals surface area (Å²) < 4.78 is 5.63. The Labute approximate surface area is 117 Å². The van der Waals surface area contributed by atoms with Gasteiger partial charge in [-0.05, 0) is 26.7 Å². The molecule has 7 heteroatoms. The molecule has 0 aromatic carbocycles. The van der Waals surface area contributed by atoms with Crippen LogP contribution in [0, 0.1) is 5.41 Å². The van der Waals surface area contributed by atoms with Gasteiger partial charge in [-0.25, -0.2) is 4.79 Å². The van der Waals surface area contributed by atoms with Gasteiger partial charge in [-0.3, -0.25) is 4.79 Å². The van der Waals surface area contributed by atoms with E-state index >= 15 is 0 Å². The van der Waals surface area contributed by atoms with Gasteiger partial charge in [0, 0.05) is 6.54 Å². The number of aliphatic carboxylic acids is 1. The third kappa shape index (κ3) is 3.21. The van der Waals surface area contributed by atoms with E-state index in [4.69, 9.17) is 9.84 Å². The van der Waals surface area contributed by atoms with Crippen molar-refractivity contribution in [2.45, 2.75) is 38.4 Å². The van der Waals surface area contributed by atoms with Gasteiger partial charge >= 0.3 is 12.0 Å². The van der Waals surface area contributed by atoms with Crippen LogP contribution in [0.5, 0.6) is 0 Å². The number of aliphatic hydroxyl groups is 1. The summed E-state index contributed by atoms with van der Waals surface area (Å²) in [4.78, 5) is 24.8. The van der Waals surface area contributed by atoms with E-state index in [1.807, 2.05) is 13.8 Å². The van der Waals surface area contributed by atoms with Gasteiger partial charge in [0.05, 0.1) is 36.8 Å². The number of carboxylic acids is 1. The molecule has 2 rings (SSSR count). The van der Waals surface area contributed by atoms with Crippen LogP contribution >= 0.6 is 0 Å². The molecule has 1 saturated heterocycles. The first kappa shape index (κ1) is 15.1. The van der Waals surface area contributed by atoms with Gasteiger partial charge in [0.1, 0.15) is 0 Å². The third-order valence-electron chi connectivity index (χ3n) is 3.86. The van der Waals surface area contributed by atoms with Gasteiger partial charge < -0.3 is 25.2 Å². The molecule has 0 aromatic rings. The van der Waals surface area contributed by atoms with Crippen LogP contribution in [0.25, 0.3) is 0 Å². The predicted octanol–water partition coefficient (Wildman–Crippen LogP) is 0.0325. The number of morpholine rings is 1. The minimum absolute atomic E-state index is 0.147. The number of carbonyl (C=O) groups excluding carboxylic acids is 1. The van der Waals surface area contributed by atoms with E-state index in [1.54, 1.807) is 4.90 Å². The van der Waals surface area contributed by atoms with Gasteiger partial charge in [-0.1, -0.05) is 0 Å². The minimum atomic E-state index is -0.853. The van der Waals surface area contributed by atoms with E-state index < -0.39 is 23.1 Å². The summed E-state index contributed by atoms with van der Waals surface area (Å²) >= 11 is 0. The molecule has 2 fully saturated rings. The SMILES string of the molecule is CC1(C)CN(C(=O)NCC2(C(=O)O)CC2)CC(CO)O1. The molecule has 0 spiro atoms. The number of rotatable bonds is 4. The Bertz CT molecular complexity index is 406. The van der Waals surface area contributed by atoms with Crippen molar-refractivity contribution in [3.63, 3.8) is 0 Å². The first-order chi connectivity index (χ1) is 9.28. The Morgan fingerprint density at radius 3 is 2.55 bits per heavy atom. The van der Waals surface area contributed by atoms with Crippen LogP contribution in [0.15, 0.2) is 0 Å². The quantitative estimate of drug-likeness (QED) is 0.677. The molecule has 7 nitrogen and oxygen atoms in total. The number of aliphatic hydroxyl groups excluding tert-OH is 1. The predicted molar refractivity (Wildman–Crippen MR) is 70.3 cm³/mol. The summed E-state index contributed by atoms with van der Waals surface area (Å²) in [6.07, 6.45) is 0.811. The van der Waals surface area contributed by atoms with Crippen LogP contribution in [-0.4, -0.2) is 65.1 Å². The zero-order chi connectivity index (χ0) is 15.0. The fraction of sp³-hybridized carbons (Fsp3) is 0.846. The van der Waals surface area contributed by atoms with E-state index in [1.165, 1.54) is 0 Å². The van der Waals surface area contributed by atoms with Crippen molar-refractivity contribution in [1.29, 1.82) is 0 Å². The monoisotopic (exact) mass is 286 g/mol. The maximum atomic E-state index is 12.1. The largest absolute Gasteiger partial charge is 0.481 e. The zero-order valence-corrected chi connectivity index (χ0v) is 11.9. The Balaban J connectivity index is 1.90. The molecule has 114 valence electrons. The number of carboxylic acid groups (broad SMARTS) is 1. The molecule has 0 bridgehead atoms. The second-order valence-corrected chi connectivity index (χ2v) is 6.31. The van der Waals surface area contributed by atoms with Crippen molar-refractivity contribution in [1.82, 2.24) is 10.2 Å². The summed E-state index contributed by atoms with van der Waals surface area (Å²) in [7, 11) is 0. The van der Waals surface area contributed by atoms with E-state index in [2.05, 4.69) is 5.32 Å². The number of ether oxygens (including phenoxy) is 1. The summed E-state index contributed by atoms with van der Waals surface area (Å²) in [5.41, 5.74) is -1.29. The Kier molecular flexibility index (Phi) is 3.93. The average Bonchev–Trinajstić information content (AvgIpc) is 3.15. The van der Waals surface area contributed by atoms with Crippen LogP contribution in [0.1, 0.15) is 26.7 Å². The smallest absolute Gasteiger partial charge is 0.317 e. The van der Waals surface area contributed by atoms with Gasteiger partial charge in [0.15, 0.2) is 0 Å². The van der Waals surface area contributed by atoms with Crippen molar-refractivity contribution >= 4 is 12.0 Å². The molecule has 1 atom stereocenters. The third-order valence-corrected chi connectivity index (χ3v) is 3.86. The van der Waals surface area contributed by atoms with Gasteiger partial charge in [0.2, 0.25) is 0 Å². The van der Waals surface area contributed by atoms with Crippen molar-refractivity contribution in [3.8, 4) is 0 Å². The standard InChI is InChI=1S/C13H22N2O5/c1-12(2)8-15(5-9(6-16)20-12)11(19)14-7-13(3-4-13)10(17)18/h9,16H,3-8H2,1-2H3,(H,14,19)(H,17,18). The fourth-order valence-corrected chi connectivity index (χ4v) is 2.52. The topological polar surface area (TPSA) is 99.1 Å². The molecule has 0 aromatic heterocycles. The molecular weight excluding hydrogens is 264 g/mol. The van der Waals surface area contributed by atoms with Crippen LogP contribution in [0.4, 0.5) is 4.79 Å². The minimum Gasteiger partial charge on any atom is -0.481 e. The normalized spacial score (nSPS) is 26.9. The highest BCUT2D eigenvalue weighted by molar-refractivity contribution is 5.80. The first-order valence-corrected chi connectivity index (χ1v) is 6.83. The fourth-order valence-electron chi connectivity index (χ4n) is 2.52. The van der Waals surface area contributed by atoms with Crippen LogP contribution in [0.3, 0.4) is 0 Å². The molecule has 1 aliphatic heterocycles. The molecule has 2 amide bonds. The Hall–Kier alpha value is -1.34. The van der Waals surface area contributed by atoms with Crippen molar-refractivity contribution < 1.29 is 24.5 Å². The summed E-state index contributed by atoms with van der Waals surface area (Å²) in [6.45, 7) is 4.44. The lowest BCUT2D eigenvalue weighted by molar-refractivity contribution is -0.143. The molecule has 1 unspecified atom stereocenters. The highest BCUT2D eigenvalue weighted by Gasteiger charge is 2.50. The van der Waals surface area contributed by atoms with Crippen LogP contribution < -0.4 is 5.32 Å². The number of carbonyl (C=O) groups is 2. The second kappa shape index (κ2) is 5.21. The molecular formula is C13H22N2O5. The summed E-state index contributed by atoms with van der Waals surface area (Å²) in [5.74, 6) is -0.853. The number of nitrogens with zero attached hydrogens (tertiary/aromatic N) is 1. The molecule has 1 heterocycles. The van der Waals surface area contributed by atoms with E-state index in [9.17, 15) is 14.7 Å². The molecule has 1 aliphatic carbocycles. The van der Waals surface area contributed by atoms with Crippen LogP contribution in [0.2, 0.25) is 0 Å². The number of hydrogen-bond donors (Lipinski definition) is 3. The molecule has 20 heavy (non-hydrogen) atoms. The number of amides is 2. The maximum Gasteiger partial charge on any atom is 0.317 e. The number of nitrogens with one attached hydrogen (secondary N) is 1. The van der Waals surface area contributed by atoms with Gasteiger partial charge in [-0.15, -0.1) is 0 Å². The van der Waals surface area contributed by atoms with Gasteiger partial charge in [0.25, 0.3) is 0 Å². The van der Waals surface area contributed by atoms with Gasteiger partial charge in [-0.2, -0.15) is 0 Å². The van der Waals surface area contributed by atoms with Crippen LogP contribution in [-0.2, 0) is 9.53 Å². The highest BCUT2D eigenvalue weighted by atomic mass is 16.5. The zero-order valence-electron chi connectivity index (χ0n) is 11.9. The summed E-state index contributed by atoms with van der Waals surface area (Å²) in [5, 5.41) is 21.0. The van der Waals surface area contributed by atoms with E-state index in [-0.39, 0.29) is 19.2 Å². The lowest BCUT2D eigenvalue weighted by Gasteiger charge is -2.42. The summed E-state index contributed by atoms with van der Waals surface area (Å²) in [6, 6.07) is -0.299. The van der Waals surface area contributed by atoms with Crippen molar-refractivity contribution in [2.24, 2.45) is 5.41 Å². The lowest BCUT2D eigenvalue weighted by atomic mass is 10.1. The molecule has 1 saturated carbocycles. The first-order valence-electron chi connectivity index (χ1n) is 6.83. The molecule has 3 N–H and O–H groups in total. The van der Waals surface area contributed by atoms with Crippen molar-refractivity contribution in [3.05, 3.63) is 0 Å². The maximum absolute atomic E-state index is 12.1. The molecule has 0 radical (unpaired) electrons. The molecule has 2 aliphatic rings. The Morgan fingerprint density at radius 1 is 1.40 bits per heavy atom. The van der Waals surface area contributed by atoms with E-state index in [0.717, 1.165) is 0 Å². The number of hydrogen-bond acceptors (Lipinski definition) is 4. The number of urea groups is 1. The Morgan fingerprint density at radius 2 is 2.05 bits per heavy atom. The second-order valence-electron chi connectivity index (χ2n) is 6.31.